The van der Waals surface area contributed by atoms with E-state index >= 15 is 0 Å². The summed E-state index contributed by atoms with van der Waals surface area (Å²) in [5.41, 5.74) is 8.43. The van der Waals surface area contributed by atoms with Crippen molar-refractivity contribution in [1.82, 2.24) is 4.98 Å². The Morgan fingerprint density at radius 1 is 1.50 bits per heavy atom. The minimum absolute atomic E-state index is 0.416. The largest absolute Gasteiger partial charge is 0.383 e. The van der Waals surface area contributed by atoms with Gasteiger partial charge in [0.2, 0.25) is 0 Å². The summed E-state index contributed by atoms with van der Waals surface area (Å²) in [5.74, 6) is 3.92. The third-order valence-electron chi connectivity index (χ3n) is 2.63. The normalized spacial score (nSPS) is 11.1. The van der Waals surface area contributed by atoms with E-state index in [4.69, 9.17) is 5.73 Å². The molecule has 0 radical (unpaired) electrons. The molecule has 18 heavy (non-hydrogen) atoms. The summed E-state index contributed by atoms with van der Waals surface area (Å²) in [6.07, 6.45) is 0. The summed E-state index contributed by atoms with van der Waals surface area (Å²) in [4.78, 5) is 11.1. The van der Waals surface area contributed by atoms with Crippen molar-refractivity contribution in [1.29, 1.82) is 0 Å². The lowest BCUT2D eigenvalue weighted by Gasteiger charge is -1.99. The number of benzene rings is 1. The van der Waals surface area contributed by atoms with Crippen LogP contribution in [0.15, 0.2) is 28.2 Å². The number of aliphatic imine (C=N–C) groups is 2. The van der Waals surface area contributed by atoms with Gasteiger partial charge in [-0.3, -0.25) is 4.99 Å². The molecule has 0 aliphatic rings. The van der Waals surface area contributed by atoms with Crippen molar-refractivity contribution in [3.63, 3.8) is 0 Å². The van der Waals surface area contributed by atoms with Gasteiger partial charge in [-0.05, 0) is 30.2 Å². The second kappa shape index (κ2) is 4.98. The minimum Gasteiger partial charge on any atom is -0.383 e. The molecule has 0 unspecified atom stereocenters. The smallest absolute Gasteiger partial charge is 0.141 e. The van der Waals surface area contributed by atoms with Gasteiger partial charge < -0.3 is 10.7 Å². The molecule has 2 aromatic rings. The number of nitrogens with zero attached hydrogens (tertiary/aromatic N) is 2. The van der Waals surface area contributed by atoms with Gasteiger partial charge in [0.05, 0.1) is 5.56 Å². The van der Waals surface area contributed by atoms with Gasteiger partial charge in [-0.15, -0.1) is 0 Å². The number of rotatable bonds is 2. The maximum atomic E-state index is 5.90. The molecule has 2 rings (SSSR count). The van der Waals surface area contributed by atoms with Crippen molar-refractivity contribution in [2.45, 2.75) is 0 Å². The van der Waals surface area contributed by atoms with Gasteiger partial charge in [0.1, 0.15) is 11.7 Å². The molecule has 0 saturated heterocycles. The van der Waals surface area contributed by atoms with E-state index in [2.05, 4.69) is 45.5 Å². The minimum atomic E-state index is 0.416. The third-order valence-corrected chi connectivity index (χ3v) is 2.75. The Bertz CT molecular complexity index is 701. The van der Waals surface area contributed by atoms with Gasteiger partial charge in [-0.1, -0.05) is 18.5 Å². The molecule has 1 heterocycles. The molecule has 0 saturated carbocycles. The van der Waals surface area contributed by atoms with Crippen LogP contribution in [0.3, 0.4) is 0 Å². The molecule has 0 spiro atoms. The zero-order valence-electron chi connectivity index (χ0n) is 9.86. The first-order chi connectivity index (χ1) is 8.71. The summed E-state index contributed by atoms with van der Waals surface area (Å²) in [7, 11) is 1.64. The van der Waals surface area contributed by atoms with E-state index in [1.165, 1.54) is 0 Å². The highest BCUT2D eigenvalue weighted by molar-refractivity contribution is 7.85. The van der Waals surface area contributed by atoms with Crippen molar-refractivity contribution < 1.29 is 0 Å². The van der Waals surface area contributed by atoms with Crippen LogP contribution in [-0.4, -0.2) is 24.6 Å². The fourth-order valence-electron chi connectivity index (χ4n) is 1.81. The van der Waals surface area contributed by atoms with E-state index in [1.807, 2.05) is 18.2 Å². The summed E-state index contributed by atoms with van der Waals surface area (Å²) in [5, 5.41) is 3.49. The van der Waals surface area contributed by atoms with Crippen LogP contribution in [0.25, 0.3) is 10.9 Å². The third kappa shape index (κ3) is 1.98. The first kappa shape index (κ1) is 12.3. The van der Waals surface area contributed by atoms with Gasteiger partial charge in [-0.2, -0.15) is 0 Å². The number of fused-ring (bicyclic) bond motifs is 1. The predicted molar refractivity (Wildman–Crippen MR) is 80.0 cm³/mol. The highest BCUT2D eigenvalue weighted by Crippen LogP contribution is 2.28. The van der Waals surface area contributed by atoms with E-state index < -0.39 is 0 Å². The molecule has 4 nitrogen and oxygen atoms in total. The van der Waals surface area contributed by atoms with E-state index in [-0.39, 0.29) is 0 Å². The molecular formula is C13H12N4S. The van der Waals surface area contributed by atoms with E-state index in [9.17, 15) is 0 Å². The monoisotopic (exact) mass is 256 g/mol. The Hall–Kier alpha value is -2.19. The molecular weight excluding hydrogens is 244 g/mol. The number of amidine groups is 1. The number of aromatic nitrogens is 1. The Morgan fingerprint density at radius 2 is 2.28 bits per heavy atom. The number of hydrogen-bond acceptors (Lipinski definition) is 3. The zero-order valence-corrected chi connectivity index (χ0v) is 10.8. The number of aromatic amines is 1. The average molecular weight is 256 g/mol. The lowest BCUT2D eigenvalue weighted by Crippen LogP contribution is -2.12. The first-order valence-corrected chi connectivity index (χ1v) is 5.66. The Morgan fingerprint density at radius 3 is 2.89 bits per heavy atom. The highest BCUT2D eigenvalue weighted by Gasteiger charge is 2.13. The van der Waals surface area contributed by atoms with Gasteiger partial charge in [0, 0.05) is 23.5 Å². The topological polar surface area (TPSA) is 66.5 Å². The van der Waals surface area contributed by atoms with Crippen LogP contribution < -0.4 is 5.73 Å². The fourth-order valence-corrected chi connectivity index (χ4v) is 1.94. The molecule has 0 bridgehead atoms. The standard InChI is InChI=1S/C13H12N4S/c1-15-12(14)11-9-7-8(5-6-18)3-4-10(9)17-13(11)16-2/h3-4,7,17-18H,2H2,1H3,(H2,14,15). The fraction of sp³-hybridized carbons (Fsp3) is 0.0769. The van der Waals surface area contributed by atoms with E-state index in [0.717, 1.165) is 22.0 Å². The Kier molecular flexibility index (Phi) is 3.40. The van der Waals surface area contributed by atoms with Crippen LogP contribution >= 0.6 is 12.6 Å². The molecule has 0 fully saturated rings. The van der Waals surface area contributed by atoms with Crippen molar-refractivity contribution in [3.8, 4) is 11.2 Å². The SMILES string of the molecule is C=Nc1[nH]c2ccc(C#CS)cc2c1C(N)=NC. The second-order valence-electron chi connectivity index (χ2n) is 3.61. The first-order valence-electron chi connectivity index (χ1n) is 5.21. The highest BCUT2D eigenvalue weighted by atomic mass is 32.1. The Labute approximate surface area is 110 Å². The van der Waals surface area contributed by atoms with Gasteiger partial charge in [-0.25, -0.2) is 4.99 Å². The zero-order chi connectivity index (χ0) is 13.1. The molecule has 5 heteroatoms. The van der Waals surface area contributed by atoms with Crippen LogP contribution in [-0.2, 0) is 0 Å². The second-order valence-corrected chi connectivity index (χ2v) is 3.84. The molecule has 0 amide bonds. The number of nitrogens with one attached hydrogen (secondary N) is 1. The van der Waals surface area contributed by atoms with Crippen LogP contribution in [0.4, 0.5) is 5.82 Å². The quantitative estimate of drug-likeness (QED) is 0.327. The van der Waals surface area contributed by atoms with Crippen LogP contribution in [0.1, 0.15) is 11.1 Å². The van der Waals surface area contributed by atoms with Gasteiger partial charge in [0.25, 0.3) is 0 Å². The van der Waals surface area contributed by atoms with Crippen LogP contribution in [0, 0.1) is 11.2 Å². The summed E-state index contributed by atoms with van der Waals surface area (Å²) in [6, 6.07) is 5.75. The summed E-state index contributed by atoms with van der Waals surface area (Å²) in [6.45, 7) is 3.53. The van der Waals surface area contributed by atoms with E-state index in [0.29, 0.717) is 11.7 Å². The van der Waals surface area contributed by atoms with E-state index in [1.54, 1.807) is 7.05 Å². The summed E-state index contributed by atoms with van der Waals surface area (Å²) < 4.78 is 0. The predicted octanol–water partition coefficient (Wildman–Crippen LogP) is 2.07. The maximum Gasteiger partial charge on any atom is 0.141 e. The molecule has 1 aromatic carbocycles. The molecule has 3 N–H and O–H groups in total. The number of nitrogens with two attached hydrogens (primary N) is 1. The molecule has 0 aliphatic carbocycles. The van der Waals surface area contributed by atoms with Crippen LogP contribution in [0.2, 0.25) is 0 Å². The molecule has 1 aromatic heterocycles. The molecule has 90 valence electrons. The molecule has 0 atom stereocenters. The van der Waals surface area contributed by atoms with Crippen molar-refractivity contribution in [3.05, 3.63) is 29.3 Å². The maximum absolute atomic E-state index is 5.90. The van der Waals surface area contributed by atoms with Crippen molar-refractivity contribution >= 4 is 41.9 Å². The summed E-state index contributed by atoms with van der Waals surface area (Å²) >= 11 is 3.89. The average Bonchev–Trinajstić information content (AvgIpc) is 2.76. The lowest BCUT2D eigenvalue weighted by molar-refractivity contribution is 1.35. The van der Waals surface area contributed by atoms with Crippen molar-refractivity contribution in [2.24, 2.45) is 15.7 Å². The number of hydrogen-bond donors (Lipinski definition) is 3. The molecule has 0 aliphatic heterocycles. The lowest BCUT2D eigenvalue weighted by atomic mass is 10.1. The van der Waals surface area contributed by atoms with Gasteiger partial charge >= 0.3 is 0 Å². The Balaban J connectivity index is 2.81. The van der Waals surface area contributed by atoms with Crippen LogP contribution in [0.5, 0.6) is 0 Å². The number of thiol groups is 1. The number of H-pyrrole nitrogens is 1. The van der Waals surface area contributed by atoms with Crippen molar-refractivity contribution in [2.75, 3.05) is 7.05 Å². The van der Waals surface area contributed by atoms with Gasteiger partial charge in [0.15, 0.2) is 0 Å².